The number of anilines is 2. The third-order valence-electron chi connectivity index (χ3n) is 6.90. The SMILES string of the molecule is CCCc1nc(N2CCCN(C(=O)Nc3ccc(CC)cc3)CC2)c2c(C)nn(-c3ccccc3)c2n1. The number of urea groups is 1. The number of para-hydroxylation sites is 1. The Hall–Kier alpha value is -3.94. The van der Waals surface area contributed by atoms with E-state index in [4.69, 9.17) is 15.1 Å². The normalized spacial score (nSPS) is 14.1. The van der Waals surface area contributed by atoms with Gasteiger partial charge in [0.25, 0.3) is 0 Å². The van der Waals surface area contributed by atoms with E-state index in [0.717, 1.165) is 72.0 Å². The summed E-state index contributed by atoms with van der Waals surface area (Å²) in [7, 11) is 0. The minimum atomic E-state index is -0.0568. The number of carbonyl (C=O) groups excluding carboxylic acids is 1. The number of fused-ring (bicyclic) bond motifs is 1. The van der Waals surface area contributed by atoms with Gasteiger partial charge in [0.1, 0.15) is 11.6 Å². The second-order valence-electron chi connectivity index (χ2n) is 9.55. The molecule has 37 heavy (non-hydrogen) atoms. The first kappa shape index (κ1) is 24.7. The lowest BCUT2D eigenvalue weighted by atomic mass is 10.1. The summed E-state index contributed by atoms with van der Waals surface area (Å²) in [4.78, 5) is 27.2. The molecular formula is C29H35N7O. The Morgan fingerprint density at radius 2 is 1.73 bits per heavy atom. The van der Waals surface area contributed by atoms with Crippen LogP contribution in [0.15, 0.2) is 54.6 Å². The molecule has 4 aromatic rings. The van der Waals surface area contributed by atoms with Crippen molar-refractivity contribution in [2.45, 2.75) is 46.5 Å². The van der Waals surface area contributed by atoms with Crippen LogP contribution in [0.1, 0.15) is 43.8 Å². The number of benzene rings is 2. The number of hydrogen-bond donors (Lipinski definition) is 1. The van der Waals surface area contributed by atoms with Crippen LogP contribution < -0.4 is 10.2 Å². The maximum atomic E-state index is 13.0. The molecule has 2 amide bonds. The van der Waals surface area contributed by atoms with E-state index in [-0.39, 0.29) is 6.03 Å². The van der Waals surface area contributed by atoms with Gasteiger partial charge in [0, 0.05) is 38.3 Å². The van der Waals surface area contributed by atoms with Gasteiger partial charge in [-0.2, -0.15) is 5.10 Å². The summed E-state index contributed by atoms with van der Waals surface area (Å²) in [5.41, 5.74) is 4.82. The number of nitrogens with zero attached hydrogens (tertiary/aromatic N) is 6. The molecule has 0 spiro atoms. The van der Waals surface area contributed by atoms with Crippen molar-refractivity contribution in [1.82, 2.24) is 24.6 Å². The molecule has 0 saturated carbocycles. The van der Waals surface area contributed by atoms with Crippen LogP contribution in [0.5, 0.6) is 0 Å². The van der Waals surface area contributed by atoms with Crippen LogP contribution in [0, 0.1) is 6.92 Å². The second kappa shape index (κ2) is 11.0. The quantitative estimate of drug-likeness (QED) is 0.387. The lowest BCUT2D eigenvalue weighted by Gasteiger charge is -2.24. The summed E-state index contributed by atoms with van der Waals surface area (Å²) in [5, 5.41) is 8.90. The molecule has 0 aliphatic carbocycles. The van der Waals surface area contributed by atoms with Crippen molar-refractivity contribution in [3.63, 3.8) is 0 Å². The van der Waals surface area contributed by atoms with Crippen LogP contribution in [0.4, 0.5) is 16.3 Å². The molecule has 0 bridgehead atoms. The molecule has 0 unspecified atom stereocenters. The molecule has 1 fully saturated rings. The molecular weight excluding hydrogens is 462 g/mol. The van der Waals surface area contributed by atoms with Gasteiger partial charge in [0.15, 0.2) is 5.65 Å². The third-order valence-corrected chi connectivity index (χ3v) is 6.90. The minimum absolute atomic E-state index is 0.0568. The smallest absolute Gasteiger partial charge is 0.321 e. The van der Waals surface area contributed by atoms with E-state index in [2.05, 4.69) is 36.2 Å². The average Bonchev–Trinajstić information content (AvgIpc) is 3.09. The third kappa shape index (κ3) is 5.28. The van der Waals surface area contributed by atoms with E-state index < -0.39 is 0 Å². The number of carbonyl (C=O) groups is 1. The molecule has 0 atom stereocenters. The standard InChI is InChI=1S/C29H35N7O/c1-4-10-25-31-27(26-21(3)33-36(28(26)32-25)24-11-7-6-8-12-24)34-17-9-18-35(20-19-34)29(37)30-23-15-13-22(5-2)14-16-23/h6-8,11-16H,4-5,9-10,17-20H2,1-3H3,(H,30,37). The Balaban J connectivity index is 1.40. The van der Waals surface area contributed by atoms with Gasteiger partial charge >= 0.3 is 6.03 Å². The second-order valence-corrected chi connectivity index (χ2v) is 9.55. The first-order chi connectivity index (χ1) is 18.1. The molecule has 1 saturated heterocycles. The monoisotopic (exact) mass is 497 g/mol. The van der Waals surface area contributed by atoms with E-state index in [9.17, 15) is 4.79 Å². The first-order valence-electron chi connectivity index (χ1n) is 13.3. The zero-order valence-corrected chi connectivity index (χ0v) is 21.9. The first-order valence-corrected chi connectivity index (χ1v) is 13.3. The highest BCUT2D eigenvalue weighted by Gasteiger charge is 2.25. The Morgan fingerprint density at radius 3 is 2.46 bits per heavy atom. The largest absolute Gasteiger partial charge is 0.354 e. The summed E-state index contributed by atoms with van der Waals surface area (Å²) in [6.45, 7) is 9.15. The highest BCUT2D eigenvalue weighted by Crippen LogP contribution is 2.30. The van der Waals surface area contributed by atoms with Gasteiger partial charge in [-0.1, -0.05) is 44.2 Å². The average molecular weight is 498 g/mol. The van der Waals surface area contributed by atoms with E-state index in [1.807, 2.05) is 59.0 Å². The van der Waals surface area contributed by atoms with Crippen LogP contribution in [0.3, 0.4) is 0 Å². The molecule has 1 aliphatic heterocycles. The molecule has 8 nitrogen and oxygen atoms in total. The lowest BCUT2D eigenvalue weighted by Crippen LogP contribution is -2.38. The van der Waals surface area contributed by atoms with Crippen LogP contribution in [-0.2, 0) is 12.8 Å². The topological polar surface area (TPSA) is 79.2 Å². The predicted octanol–water partition coefficient (Wildman–Crippen LogP) is 5.38. The Labute approximate surface area is 218 Å². The Bertz CT molecular complexity index is 1360. The van der Waals surface area contributed by atoms with Crippen molar-refractivity contribution in [3.8, 4) is 5.69 Å². The van der Waals surface area contributed by atoms with Gasteiger partial charge in [-0.3, -0.25) is 0 Å². The molecule has 192 valence electrons. The van der Waals surface area contributed by atoms with Crippen LogP contribution in [0.25, 0.3) is 16.7 Å². The van der Waals surface area contributed by atoms with Gasteiger partial charge in [-0.15, -0.1) is 0 Å². The summed E-state index contributed by atoms with van der Waals surface area (Å²) in [6.07, 6.45) is 3.62. The molecule has 2 aromatic carbocycles. The molecule has 3 heterocycles. The van der Waals surface area contributed by atoms with Crippen molar-refractivity contribution in [2.24, 2.45) is 0 Å². The van der Waals surface area contributed by atoms with Gasteiger partial charge in [0.05, 0.1) is 16.8 Å². The predicted molar refractivity (Wildman–Crippen MR) is 149 cm³/mol. The van der Waals surface area contributed by atoms with Crippen LogP contribution in [-0.4, -0.2) is 56.9 Å². The molecule has 0 radical (unpaired) electrons. The summed E-state index contributed by atoms with van der Waals surface area (Å²) >= 11 is 0. The van der Waals surface area contributed by atoms with Gasteiger partial charge in [0.2, 0.25) is 0 Å². The number of nitrogens with one attached hydrogen (secondary N) is 1. The van der Waals surface area contributed by atoms with Crippen molar-refractivity contribution >= 4 is 28.6 Å². The van der Waals surface area contributed by atoms with Crippen molar-refractivity contribution in [1.29, 1.82) is 0 Å². The Morgan fingerprint density at radius 1 is 0.946 bits per heavy atom. The number of aryl methyl sites for hydroxylation is 3. The number of aromatic nitrogens is 4. The fourth-order valence-electron chi connectivity index (χ4n) is 4.88. The van der Waals surface area contributed by atoms with Gasteiger partial charge < -0.3 is 15.1 Å². The minimum Gasteiger partial charge on any atom is -0.354 e. The van der Waals surface area contributed by atoms with Gasteiger partial charge in [-0.25, -0.2) is 19.4 Å². The van der Waals surface area contributed by atoms with E-state index in [1.54, 1.807) is 0 Å². The number of hydrogen-bond acceptors (Lipinski definition) is 5. The van der Waals surface area contributed by atoms with Crippen LogP contribution >= 0.6 is 0 Å². The molecule has 1 N–H and O–H groups in total. The summed E-state index contributed by atoms with van der Waals surface area (Å²) in [6, 6.07) is 18.1. The molecule has 2 aromatic heterocycles. The lowest BCUT2D eigenvalue weighted by molar-refractivity contribution is 0.215. The molecule has 1 aliphatic rings. The zero-order valence-electron chi connectivity index (χ0n) is 21.9. The molecule has 8 heteroatoms. The highest BCUT2D eigenvalue weighted by atomic mass is 16.2. The molecule has 5 rings (SSSR count). The van der Waals surface area contributed by atoms with Crippen molar-refractivity contribution < 1.29 is 4.79 Å². The highest BCUT2D eigenvalue weighted by molar-refractivity contribution is 5.91. The van der Waals surface area contributed by atoms with Crippen LogP contribution in [0.2, 0.25) is 0 Å². The Kier molecular flexibility index (Phi) is 7.35. The summed E-state index contributed by atoms with van der Waals surface area (Å²) < 4.78 is 1.93. The van der Waals surface area contributed by atoms with E-state index in [1.165, 1.54) is 5.56 Å². The number of amides is 2. The summed E-state index contributed by atoms with van der Waals surface area (Å²) in [5.74, 6) is 1.75. The van der Waals surface area contributed by atoms with E-state index in [0.29, 0.717) is 19.6 Å². The maximum Gasteiger partial charge on any atom is 0.321 e. The number of rotatable bonds is 6. The van der Waals surface area contributed by atoms with E-state index >= 15 is 0 Å². The maximum absolute atomic E-state index is 13.0. The van der Waals surface area contributed by atoms with Crippen molar-refractivity contribution in [2.75, 3.05) is 36.4 Å². The zero-order chi connectivity index (χ0) is 25.8. The van der Waals surface area contributed by atoms with Gasteiger partial charge in [-0.05, 0) is 56.0 Å². The fraction of sp³-hybridized carbons (Fsp3) is 0.379. The van der Waals surface area contributed by atoms with Crippen molar-refractivity contribution in [3.05, 3.63) is 71.7 Å². The fourth-order valence-corrected chi connectivity index (χ4v) is 4.88.